The molecule has 0 amide bonds. The molecule has 0 saturated carbocycles. The predicted molar refractivity (Wildman–Crippen MR) is 169 cm³/mol. The molecular weight excluding hydrogens is 624 g/mol. The number of aryl methyl sites for hydroxylation is 1. The van der Waals surface area contributed by atoms with Gasteiger partial charge in [-0.1, -0.05) is 72.8 Å². The molecule has 0 fully saturated rings. The van der Waals surface area contributed by atoms with Gasteiger partial charge in [0.1, 0.15) is 22.4 Å². The number of fused-ring (bicyclic) bond motifs is 1. The first-order valence-electron chi connectivity index (χ1n) is 15.0. The van der Waals surface area contributed by atoms with E-state index in [0.717, 1.165) is 16.7 Å². The highest BCUT2D eigenvalue weighted by Gasteiger charge is 2.40. The summed E-state index contributed by atoms with van der Waals surface area (Å²) in [6, 6.07) is 22.1. The minimum Gasteiger partial charge on any atom is -0.488 e. The van der Waals surface area contributed by atoms with Crippen LogP contribution in [0.15, 0.2) is 83.9 Å². The standard InChI is InChI=1S/C33H38N4O6S.CO2/c1-5-28-21-37(44(40,41)30-14-10-9-13-29(30)43-28)19-26-17-25(16-15-23(26)2)31(33(3,4)32(38)39)42-22-27-20-36(35-34-27)18-24-11-7-6-8-12-24;2-1-3/h6-17,20,28,31H,5,18-19,21-22H2,1-4H3,(H,38,39);/t28-,31?;/m1./s1. The SMILES string of the molecule is CC[C@@H]1CN(Cc2cc(C(OCc3cn(Cc4ccccc4)nn3)C(C)(C)C(=O)O)ccc2C)S(=O)(=O)c2ccccc2O1.O=C=O. The number of carbonyl (C=O) groups is 1. The quantitative estimate of drug-likeness (QED) is 0.237. The molecule has 12 nitrogen and oxygen atoms in total. The number of carboxylic acids is 1. The van der Waals surface area contributed by atoms with Crippen molar-refractivity contribution in [3.05, 3.63) is 107 Å². The molecule has 2 atom stereocenters. The zero-order chi connectivity index (χ0) is 34.2. The van der Waals surface area contributed by atoms with E-state index in [1.807, 2.05) is 62.4 Å². The second kappa shape index (κ2) is 15.3. The van der Waals surface area contributed by atoms with Crippen molar-refractivity contribution in [3.63, 3.8) is 0 Å². The molecule has 248 valence electrons. The van der Waals surface area contributed by atoms with Gasteiger partial charge in [-0.25, -0.2) is 13.1 Å². The number of aromatic nitrogens is 3. The Balaban J connectivity index is 0.00000160. The maximum absolute atomic E-state index is 13.8. The zero-order valence-electron chi connectivity index (χ0n) is 26.7. The molecule has 47 heavy (non-hydrogen) atoms. The van der Waals surface area contributed by atoms with Crippen LogP contribution in [-0.2, 0) is 48.8 Å². The molecule has 1 N–H and O–H groups in total. The first kappa shape index (κ1) is 35.2. The van der Waals surface area contributed by atoms with Gasteiger partial charge in [0.05, 0.1) is 37.4 Å². The lowest BCUT2D eigenvalue weighted by Gasteiger charge is -2.31. The number of aliphatic carboxylic acids is 1. The Bertz CT molecular complexity index is 1820. The van der Waals surface area contributed by atoms with Crippen LogP contribution >= 0.6 is 0 Å². The van der Waals surface area contributed by atoms with Crippen molar-refractivity contribution in [1.29, 1.82) is 0 Å². The van der Waals surface area contributed by atoms with Crippen molar-refractivity contribution in [3.8, 4) is 5.75 Å². The maximum Gasteiger partial charge on any atom is 0.373 e. The average molecular weight is 663 g/mol. The van der Waals surface area contributed by atoms with Crippen LogP contribution in [0, 0.1) is 12.3 Å². The lowest BCUT2D eigenvalue weighted by molar-refractivity contribution is -0.191. The summed E-state index contributed by atoms with van der Waals surface area (Å²) in [4.78, 5) is 28.8. The van der Waals surface area contributed by atoms with E-state index in [9.17, 15) is 18.3 Å². The third-order valence-corrected chi connectivity index (χ3v) is 9.88. The number of carbonyl (C=O) groups excluding carboxylic acids is 2. The summed E-state index contributed by atoms with van der Waals surface area (Å²) in [5, 5.41) is 18.6. The number of hydrogen-bond acceptors (Lipinski definition) is 9. The minimum atomic E-state index is -3.85. The van der Waals surface area contributed by atoms with Gasteiger partial charge in [0.2, 0.25) is 10.0 Å². The Morgan fingerprint density at radius 3 is 2.45 bits per heavy atom. The van der Waals surface area contributed by atoms with Crippen molar-refractivity contribution in [2.45, 2.75) is 70.9 Å². The Labute approximate surface area is 274 Å². The van der Waals surface area contributed by atoms with Crippen molar-refractivity contribution in [1.82, 2.24) is 19.3 Å². The van der Waals surface area contributed by atoms with E-state index in [2.05, 4.69) is 10.3 Å². The number of sulfonamides is 1. The van der Waals surface area contributed by atoms with Gasteiger partial charge in [-0.2, -0.15) is 13.9 Å². The second-order valence-electron chi connectivity index (χ2n) is 11.8. The van der Waals surface area contributed by atoms with Gasteiger partial charge in [-0.05, 0) is 61.6 Å². The summed E-state index contributed by atoms with van der Waals surface area (Å²) in [6.07, 6.45) is 1.51. The van der Waals surface area contributed by atoms with E-state index >= 15 is 0 Å². The highest BCUT2D eigenvalue weighted by molar-refractivity contribution is 7.89. The predicted octanol–water partition coefficient (Wildman–Crippen LogP) is 4.78. The molecule has 1 aromatic heterocycles. The Hall–Kier alpha value is -4.68. The molecule has 2 heterocycles. The van der Waals surface area contributed by atoms with E-state index < -0.39 is 27.5 Å². The van der Waals surface area contributed by atoms with Gasteiger partial charge in [0, 0.05) is 6.54 Å². The Kier molecular flexibility index (Phi) is 11.4. The van der Waals surface area contributed by atoms with Crippen LogP contribution in [0.4, 0.5) is 0 Å². The van der Waals surface area contributed by atoms with Crippen molar-refractivity contribution in [2.24, 2.45) is 5.41 Å². The van der Waals surface area contributed by atoms with Gasteiger partial charge < -0.3 is 14.6 Å². The number of hydrogen-bond donors (Lipinski definition) is 1. The van der Waals surface area contributed by atoms with Gasteiger partial charge in [0.25, 0.3) is 0 Å². The largest absolute Gasteiger partial charge is 0.488 e. The van der Waals surface area contributed by atoms with Crippen LogP contribution in [0.25, 0.3) is 0 Å². The molecule has 1 unspecified atom stereocenters. The van der Waals surface area contributed by atoms with Crippen LogP contribution in [0.5, 0.6) is 5.75 Å². The number of carboxylic acid groups (broad SMARTS) is 1. The summed E-state index contributed by atoms with van der Waals surface area (Å²) < 4.78 is 43.1. The maximum atomic E-state index is 13.8. The van der Waals surface area contributed by atoms with Crippen LogP contribution < -0.4 is 4.74 Å². The number of benzene rings is 3. The summed E-state index contributed by atoms with van der Waals surface area (Å²) in [5.41, 5.74) is 2.61. The van der Waals surface area contributed by atoms with Crippen molar-refractivity contribution in [2.75, 3.05) is 6.54 Å². The highest BCUT2D eigenvalue weighted by Crippen LogP contribution is 2.39. The molecular formula is C34H38N4O8S. The Morgan fingerprint density at radius 1 is 1.09 bits per heavy atom. The Morgan fingerprint density at radius 2 is 1.77 bits per heavy atom. The van der Waals surface area contributed by atoms with Crippen LogP contribution in [0.1, 0.15) is 61.2 Å². The minimum absolute atomic E-state index is 0.0478. The third-order valence-electron chi connectivity index (χ3n) is 8.02. The topological polar surface area (TPSA) is 158 Å². The number of rotatable bonds is 11. The molecule has 0 aliphatic carbocycles. The first-order valence-corrected chi connectivity index (χ1v) is 16.5. The molecule has 0 spiro atoms. The van der Waals surface area contributed by atoms with Gasteiger partial charge in [-0.3, -0.25) is 4.79 Å². The van der Waals surface area contributed by atoms with Gasteiger partial charge >= 0.3 is 12.1 Å². The molecule has 1 aliphatic heterocycles. The summed E-state index contributed by atoms with van der Waals surface area (Å²) >= 11 is 0. The van der Waals surface area contributed by atoms with Crippen molar-refractivity contribution >= 4 is 22.1 Å². The molecule has 5 rings (SSSR count). The molecule has 0 bridgehead atoms. The zero-order valence-corrected chi connectivity index (χ0v) is 27.5. The average Bonchev–Trinajstić information content (AvgIpc) is 3.45. The van der Waals surface area contributed by atoms with E-state index in [-0.39, 0.29) is 36.8 Å². The monoisotopic (exact) mass is 662 g/mol. The van der Waals surface area contributed by atoms with E-state index in [0.29, 0.717) is 30.0 Å². The smallest absolute Gasteiger partial charge is 0.373 e. The summed E-state index contributed by atoms with van der Waals surface area (Å²) in [7, 11) is -3.85. The lowest BCUT2D eigenvalue weighted by Crippen LogP contribution is -2.36. The fourth-order valence-electron chi connectivity index (χ4n) is 5.27. The van der Waals surface area contributed by atoms with E-state index in [1.54, 1.807) is 49.0 Å². The number of nitrogens with zero attached hydrogens (tertiary/aromatic N) is 4. The number of para-hydroxylation sites is 1. The van der Waals surface area contributed by atoms with Gasteiger partial charge in [-0.15, -0.1) is 5.10 Å². The summed E-state index contributed by atoms with van der Waals surface area (Å²) in [6.45, 7) is 8.00. The van der Waals surface area contributed by atoms with E-state index in [1.165, 1.54) is 4.31 Å². The third kappa shape index (κ3) is 8.38. The highest BCUT2D eigenvalue weighted by atomic mass is 32.2. The lowest BCUT2D eigenvalue weighted by atomic mass is 9.81. The molecule has 4 aromatic rings. The molecule has 13 heteroatoms. The van der Waals surface area contributed by atoms with Gasteiger partial charge in [0.15, 0.2) is 0 Å². The normalized spacial score (nSPS) is 16.4. The molecule has 0 saturated heterocycles. The fraction of sp³-hybridized carbons (Fsp3) is 0.353. The van der Waals surface area contributed by atoms with Crippen molar-refractivity contribution < 1.29 is 37.4 Å². The first-order chi connectivity index (χ1) is 22.4. The van der Waals surface area contributed by atoms with Crippen LogP contribution in [0.3, 0.4) is 0 Å². The molecule has 1 aliphatic rings. The second-order valence-corrected chi connectivity index (χ2v) is 13.7. The molecule has 3 aromatic carbocycles. The van der Waals surface area contributed by atoms with Crippen LogP contribution in [0.2, 0.25) is 0 Å². The molecule has 0 radical (unpaired) electrons. The number of ether oxygens (including phenoxy) is 2. The fourth-order valence-corrected chi connectivity index (χ4v) is 6.84. The van der Waals surface area contributed by atoms with E-state index in [4.69, 9.17) is 19.1 Å². The van der Waals surface area contributed by atoms with Crippen LogP contribution in [-0.4, -0.2) is 57.6 Å². The summed E-state index contributed by atoms with van der Waals surface area (Å²) in [5.74, 6) is -0.670.